The number of fused-ring (bicyclic) bond motifs is 2. The zero-order valence-electron chi connectivity index (χ0n) is 14.5. The molecule has 2 aromatic carbocycles. The number of halogens is 3. The molecule has 1 atom stereocenters. The zero-order valence-corrected chi connectivity index (χ0v) is 14.5. The van der Waals surface area contributed by atoms with Crippen LogP contribution in [0.4, 0.5) is 13.2 Å². The van der Waals surface area contributed by atoms with Crippen LogP contribution in [0, 0.1) is 0 Å². The van der Waals surface area contributed by atoms with Crippen molar-refractivity contribution in [3.8, 4) is 5.75 Å². The summed E-state index contributed by atoms with van der Waals surface area (Å²) in [6.45, 7) is 0.165. The summed E-state index contributed by atoms with van der Waals surface area (Å²) in [7, 11) is 1.59. The highest BCUT2D eigenvalue weighted by atomic mass is 19.4. The third-order valence-electron chi connectivity index (χ3n) is 4.68. The SMILES string of the molecule is CN1CC(Oc2ccc(C(F)(F)F)cc2)c2ccccc2C12OC(=O)C(=O)O2. The maximum Gasteiger partial charge on any atom is 0.422 e. The third-order valence-corrected chi connectivity index (χ3v) is 4.68. The molecule has 4 rings (SSSR count). The summed E-state index contributed by atoms with van der Waals surface area (Å²) in [6.07, 6.45) is -5.01. The van der Waals surface area contributed by atoms with Crippen LogP contribution in [-0.4, -0.2) is 30.4 Å². The number of carbonyl (C=O) groups is 2. The molecule has 1 fully saturated rings. The van der Waals surface area contributed by atoms with Gasteiger partial charge in [-0.1, -0.05) is 18.2 Å². The fraction of sp³-hybridized carbons (Fsp3) is 0.263. The minimum absolute atomic E-state index is 0.165. The first-order chi connectivity index (χ1) is 13.2. The predicted octanol–water partition coefficient (Wildman–Crippen LogP) is 2.98. The quantitative estimate of drug-likeness (QED) is 0.578. The number of hydrogen-bond acceptors (Lipinski definition) is 6. The van der Waals surface area contributed by atoms with Crippen molar-refractivity contribution in [2.75, 3.05) is 13.6 Å². The van der Waals surface area contributed by atoms with Crippen LogP contribution in [0.1, 0.15) is 22.8 Å². The second-order valence-electron chi connectivity index (χ2n) is 6.46. The monoisotopic (exact) mass is 393 g/mol. The van der Waals surface area contributed by atoms with Crippen molar-refractivity contribution in [2.45, 2.75) is 18.2 Å². The van der Waals surface area contributed by atoms with Gasteiger partial charge in [-0.2, -0.15) is 13.2 Å². The molecule has 146 valence electrons. The van der Waals surface area contributed by atoms with Crippen LogP contribution in [0.3, 0.4) is 0 Å². The Morgan fingerprint density at radius 1 is 1.04 bits per heavy atom. The Hall–Kier alpha value is -3.07. The summed E-state index contributed by atoms with van der Waals surface area (Å²) >= 11 is 0. The fourth-order valence-electron chi connectivity index (χ4n) is 3.35. The lowest BCUT2D eigenvalue weighted by molar-refractivity contribution is -0.263. The predicted molar refractivity (Wildman–Crippen MR) is 87.7 cm³/mol. The molecule has 2 aromatic rings. The fourth-order valence-corrected chi connectivity index (χ4v) is 3.35. The number of rotatable bonds is 2. The van der Waals surface area contributed by atoms with Crippen LogP contribution < -0.4 is 4.74 Å². The molecular weight excluding hydrogens is 379 g/mol. The molecule has 0 radical (unpaired) electrons. The van der Waals surface area contributed by atoms with E-state index in [1.807, 2.05) is 0 Å². The number of hydrogen-bond donors (Lipinski definition) is 0. The molecular formula is C19H14F3NO5. The average molecular weight is 393 g/mol. The Morgan fingerprint density at radius 3 is 2.25 bits per heavy atom. The Bertz CT molecular complexity index is 925. The largest absolute Gasteiger partial charge is 0.484 e. The molecule has 1 spiro atoms. The molecule has 2 aliphatic rings. The third kappa shape index (κ3) is 2.88. The minimum atomic E-state index is -4.43. The van der Waals surface area contributed by atoms with E-state index in [1.165, 1.54) is 17.0 Å². The van der Waals surface area contributed by atoms with E-state index in [2.05, 4.69) is 0 Å². The minimum Gasteiger partial charge on any atom is -0.484 e. The molecule has 9 heteroatoms. The van der Waals surface area contributed by atoms with Crippen molar-refractivity contribution in [3.63, 3.8) is 0 Å². The molecule has 1 saturated heterocycles. The van der Waals surface area contributed by atoms with Gasteiger partial charge in [0.25, 0.3) is 0 Å². The van der Waals surface area contributed by atoms with Gasteiger partial charge in [-0.25, -0.2) is 14.5 Å². The van der Waals surface area contributed by atoms with E-state index in [4.69, 9.17) is 14.2 Å². The summed E-state index contributed by atoms with van der Waals surface area (Å²) in [5, 5.41) is 0. The molecule has 28 heavy (non-hydrogen) atoms. The van der Waals surface area contributed by atoms with E-state index < -0.39 is 35.7 Å². The Kier molecular flexibility index (Phi) is 4.07. The van der Waals surface area contributed by atoms with Gasteiger partial charge in [0.1, 0.15) is 11.9 Å². The van der Waals surface area contributed by atoms with E-state index in [-0.39, 0.29) is 12.3 Å². The summed E-state index contributed by atoms with van der Waals surface area (Å²) < 4.78 is 54.5. The average Bonchev–Trinajstić information content (AvgIpc) is 2.95. The highest BCUT2D eigenvalue weighted by Gasteiger charge is 2.57. The number of carbonyl (C=O) groups excluding carboxylic acids is 2. The van der Waals surface area contributed by atoms with Crippen LogP contribution in [0.25, 0.3) is 0 Å². The van der Waals surface area contributed by atoms with Gasteiger partial charge < -0.3 is 14.2 Å². The number of nitrogens with zero attached hydrogens (tertiary/aromatic N) is 1. The van der Waals surface area contributed by atoms with E-state index in [0.717, 1.165) is 12.1 Å². The lowest BCUT2D eigenvalue weighted by Crippen LogP contribution is -2.51. The van der Waals surface area contributed by atoms with E-state index in [1.54, 1.807) is 31.3 Å². The van der Waals surface area contributed by atoms with Crippen LogP contribution in [0.15, 0.2) is 48.5 Å². The second kappa shape index (κ2) is 6.23. The van der Waals surface area contributed by atoms with Crippen molar-refractivity contribution in [2.24, 2.45) is 0 Å². The van der Waals surface area contributed by atoms with Crippen LogP contribution in [-0.2, 0) is 31.2 Å². The number of ether oxygens (including phenoxy) is 3. The summed E-state index contributed by atoms with van der Waals surface area (Å²) in [6, 6.07) is 11.1. The van der Waals surface area contributed by atoms with Crippen molar-refractivity contribution < 1.29 is 37.0 Å². The first kappa shape index (κ1) is 18.3. The first-order valence-corrected chi connectivity index (χ1v) is 8.31. The molecule has 0 aliphatic carbocycles. The molecule has 0 amide bonds. The Balaban J connectivity index is 1.66. The second-order valence-corrected chi connectivity index (χ2v) is 6.46. The van der Waals surface area contributed by atoms with Gasteiger partial charge in [0, 0.05) is 12.1 Å². The molecule has 0 saturated carbocycles. The molecule has 0 bridgehead atoms. The zero-order chi connectivity index (χ0) is 20.1. The van der Waals surface area contributed by atoms with Gasteiger partial charge in [0.15, 0.2) is 0 Å². The maximum absolute atomic E-state index is 12.7. The van der Waals surface area contributed by atoms with Gasteiger partial charge in [0.05, 0.1) is 11.1 Å². The molecule has 1 unspecified atom stereocenters. The topological polar surface area (TPSA) is 65.1 Å². The van der Waals surface area contributed by atoms with Crippen molar-refractivity contribution in [3.05, 3.63) is 65.2 Å². The number of benzene rings is 2. The van der Waals surface area contributed by atoms with Crippen LogP contribution in [0.5, 0.6) is 5.75 Å². The highest BCUT2D eigenvalue weighted by molar-refractivity contribution is 6.31. The Morgan fingerprint density at radius 2 is 1.64 bits per heavy atom. The van der Waals surface area contributed by atoms with E-state index >= 15 is 0 Å². The molecule has 0 N–H and O–H groups in total. The van der Waals surface area contributed by atoms with Gasteiger partial charge >= 0.3 is 24.0 Å². The van der Waals surface area contributed by atoms with Gasteiger partial charge in [-0.15, -0.1) is 0 Å². The Labute approximate surface area is 157 Å². The van der Waals surface area contributed by atoms with Gasteiger partial charge in [-0.05, 0) is 37.4 Å². The van der Waals surface area contributed by atoms with Crippen LogP contribution >= 0.6 is 0 Å². The van der Waals surface area contributed by atoms with Crippen molar-refractivity contribution in [1.82, 2.24) is 4.90 Å². The summed E-state index contributed by atoms with van der Waals surface area (Å²) in [4.78, 5) is 24.8. The lowest BCUT2D eigenvalue weighted by Gasteiger charge is -2.42. The van der Waals surface area contributed by atoms with Gasteiger partial charge in [0.2, 0.25) is 0 Å². The molecule has 2 aliphatic heterocycles. The number of alkyl halides is 3. The van der Waals surface area contributed by atoms with Gasteiger partial charge in [-0.3, -0.25) is 0 Å². The van der Waals surface area contributed by atoms with Crippen LogP contribution in [0.2, 0.25) is 0 Å². The lowest BCUT2D eigenvalue weighted by atomic mass is 9.94. The normalized spacial score (nSPS) is 21.2. The standard InChI is InChI=1S/C19H14F3NO5/c1-23-10-15(26-12-8-6-11(7-9-12)18(20,21)22)13-4-2-3-5-14(13)19(23)27-16(24)17(25)28-19/h2-9,15H,10H2,1H3. The molecule has 0 aromatic heterocycles. The first-order valence-electron chi connectivity index (χ1n) is 8.31. The highest BCUT2D eigenvalue weighted by Crippen LogP contribution is 2.44. The van der Waals surface area contributed by atoms with E-state index in [0.29, 0.717) is 11.1 Å². The number of esters is 2. The smallest absolute Gasteiger partial charge is 0.422 e. The van der Waals surface area contributed by atoms with Crippen molar-refractivity contribution >= 4 is 11.9 Å². The number of likely N-dealkylation sites (N-methyl/N-ethyl adjacent to an activating group) is 1. The van der Waals surface area contributed by atoms with E-state index in [9.17, 15) is 22.8 Å². The molecule has 2 heterocycles. The van der Waals surface area contributed by atoms with Crippen molar-refractivity contribution in [1.29, 1.82) is 0 Å². The summed E-state index contributed by atoms with van der Waals surface area (Å²) in [5.74, 6) is -3.62. The summed E-state index contributed by atoms with van der Waals surface area (Å²) in [5.41, 5.74) is 0.243. The maximum atomic E-state index is 12.7. The molecule has 6 nitrogen and oxygen atoms in total.